The third-order valence-corrected chi connectivity index (χ3v) is 5.87. The average Bonchev–Trinajstić information content (AvgIpc) is 2.93. The molecule has 0 amide bonds. The van der Waals surface area contributed by atoms with Crippen LogP contribution in [-0.2, 0) is 21.2 Å². The van der Waals surface area contributed by atoms with Crippen molar-refractivity contribution in [3.05, 3.63) is 82.9 Å². The molecular formula is C28H28BrNO7. The molecule has 9 heteroatoms. The number of benzene rings is 3. The van der Waals surface area contributed by atoms with Gasteiger partial charge in [-0.3, -0.25) is 0 Å². The number of nitrogens with zero attached hydrogens (tertiary/aromatic N) is 1. The third-order valence-electron chi connectivity index (χ3n) is 5.26. The van der Waals surface area contributed by atoms with Crippen LogP contribution in [0.2, 0.25) is 0 Å². The summed E-state index contributed by atoms with van der Waals surface area (Å²) in [4.78, 5) is 12.6. The minimum absolute atomic E-state index is 0.0661. The Balaban J connectivity index is 1.89. The second kappa shape index (κ2) is 14.9. The third kappa shape index (κ3) is 8.22. The second-order valence-electron chi connectivity index (χ2n) is 7.72. The highest BCUT2D eigenvalue weighted by molar-refractivity contribution is 9.08. The van der Waals surface area contributed by atoms with Crippen molar-refractivity contribution < 1.29 is 33.2 Å². The van der Waals surface area contributed by atoms with E-state index in [0.717, 1.165) is 11.1 Å². The van der Waals surface area contributed by atoms with Crippen LogP contribution < -0.4 is 18.9 Å². The van der Waals surface area contributed by atoms with Crippen LogP contribution in [0.15, 0.2) is 60.7 Å². The molecule has 194 valence electrons. The van der Waals surface area contributed by atoms with Gasteiger partial charge < -0.3 is 28.4 Å². The number of hydrogen-bond donors (Lipinski definition) is 0. The predicted molar refractivity (Wildman–Crippen MR) is 141 cm³/mol. The van der Waals surface area contributed by atoms with E-state index in [1.54, 1.807) is 56.7 Å². The van der Waals surface area contributed by atoms with E-state index in [2.05, 4.69) is 15.9 Å². The summed E-state index contributed by atoms with van der Waals surface area (Å²) in [7, 11) is 3.20. The van der Waals surface area contributed by atoms with E-state index in [1.165, 1.54) is 0 Å². The summed E-state index contributed by atoms with van der Waals surface area (Å²) in [5.41, 5.74) is 2.85. The number of ether oxygens (including phenoxy) is 6. The standard InChI is InChI=1S/C28H28BrNO7/c1-32-12-13-34-19-36-27-16-22(26(33-2)17-23(27)18-29)14-21-15-24(8-9-25(21)35-11-10-30)37-28(31)20-6-4-3-5-7-20/h3-9,15-17H,11-14,18-19H2,1-2H3. The summed E-state index contributed by atoms with van der Waals surface area (Å²) in [6.07, 6.45) is 0.365. The molecule has 8 nitrogen and oxygen atoms in total. The lowest BCUT2D eigenvalue weighted by Crippen LogP contribution is -2.10. The molecule has 3 aromatic rings. The predicted octanol–water partition coefficient (Wildman–Crippen LogP) is 5.30. The van der Waals surface area contributed by atoms with Gasteiger partial charge in [-0.05, 0) is 42.5 Å². The molecule has 3 rings (SSSR count). The van der Waals surface area contributed by atoms with Crippen molar-refractivity contribution in [1.82, 2.24) is 0 Å². The normalized spacial score (nSPS) is 10.4. The Bertz CT molecular complexity index is 1210. The van der Waals surface area contributed by atoms with Gasteiger partial charge in [-0.25, -0.2) is 4.79 Å². The van der Waals surface area contributed by atoms with E-state index in [0.29, 0.717) is 59.1 Å². The molecule has 0 aliphatic carbocycles. The minimum Gasteiger partial charge on any atom is -0.496 e. The maximum atomic E-state index is 12.6. The van der Waals surface area contributed by atoms with Gasteiger partial charge in [0.2, 0.25) is 0 Å². The van der Waals surface area contributed by atoms with Crippen molar-refractivity contribution in [2.75, 3.05) is 40.8 Å². The van der Waals surface area contributed by atoms with Crippen LogP contribution in [0.25, 0.3) is 0 Å². The molecule has 37 heavy (non-hydrogen) atoms. The first-order valence-corrected chi connectivity index (χ1v) is 12.6. The van der Waals surface area contributed by atoms with Gasteiger partial charge in [0.25, 0.3) is 0 Å². The van der Waals surface area contributed by atoms with Gasteiger partial charge in [0.15, 0.2) is 13.4 Å². The highest BCUT2D eigenvalue weighted by atomic mass is 79.9. The van der Waals surface area contributed by atoms with Crippen molar-refractivity contribution in [3.8, 4) is 29.1 Å². The Morgan fingerprint density at radius 3 is 2.35 bits per heavy atom. The molecule has 0 N–H and O–H groups in total. The van der Waals surface area contributed by atoms with Crippen LogP contribution in [0.5, 0.6) is 23.0 Å². The lowest BCUT2D eigenvalue weighted by Gasteiger charge is -2.17. The Hall–Kier alpha value is -3.58. The quantitative estimate of drug-likeness (QED) is 0.0847. The van der Waals surface area contributed by atoms with Crippen molar-refractivity contribution >= 4 is 21.9 Å². The number of halogens is 1. The fourth-order valence-corrected chi connectivity index (χ4v) is 3.91. The van der Waals surface area contributed by atoms with Crippen LogP contribution >= 0.6 is 15.9 Å². The largest absolute Gasteiger partial charge is 0.496 e. The molecular weight excluding hydrogens is 542 g/mol. The molecule has 0 atom stereocenters. The number of esters is 1. The van der Waals surface area contributed by atoms with E-state index < -0.39 is 5.97 Å². The Labute approximate surface area is 224 Å². The molecule has 0 unspecified atom stereocenters. The Morgan fingerprint density at radius 2 is 1.65 bits per heavy atom. The number of alkyl halides is 1. The maximum Gasteiger partial charge on any atom is 0.343 e. The highest BCUT2D eigenvalue weighted by Gasteiger charge is 2.16. The minimum atomic E-state index is -0.472. The highest BCUT2D eigenvalue weighted by Crippen LogP contribution is 2.35. The van der Waals surface area contributed by atoms with Crippen LogP contribution in [0.4, 0.5) is 0 Å². The number of carbonyl (C=O) groups excluding carboxylic acids is 1. The van der Waals surface area contributed by atoms with Crippen molar-refractivity contribution in [1.29, 1.82) is 5.26 Å². The van der Waals surface area contributed by atoms with Gasteiger partial charge in [0.1, 0.15) is 29.1 Å². The van der Waals surface area contributed by atoms with Gasteiger partial charge in [-0.1, -0.05) is 34.1 Å². The van der Waals surface area contributed by atoms with Gasteiger partial charge in [-0.2, -0.15) is 5.26 Å². The molecule has 0 saturated heterocycles. The summed E-state index contributed by atoms with van der Waals surface area (Å²) in [5.74, 6) is 1.67. The molecule has 0 radical (unpaired) electrons. The zero-order valence-corrected chi connectivity index (χ0v) is 22.3. The Kier molecular flexibility index (Phi) is 11.2. The lowest BCUT2D eigenvalue weighted by atomic mass is 10.0. The monoisotopic (exact) mass is 569 g/mol. The molecule has 3 aromatic carbocycles. The molecule has 0 saturated carbocycles. The SMILES string of the molecule is COCCOCOc1cc(Cc2cc(OC(=O)c3ccccc3)ccc2OCC#N)c(OC)cc1CBr. The van der Waals surface area contributed by atoms with E-state index >= 15 is 0 Å². The lowest BCUT2D eigenvalue weighted by molar-refractivity contribution is -0.00882. The van der Waals surface area contributed by atoms with Crippen LogP contribution in [-0.4, -0.2) is 46.8 Å². The fourth-order valence-electron chi connectivity index (χ4n) is 3.47. The topological polar surface area (TPSA) is 96.2 Å². The number of rotatable bonds is 14. The van der Waals surface area contributed by atoms with Crippen molar-refractivity contribution in [2.24, 2.45) is 0 Å². The zero-order chi connectivity index (χ0) is 26.5. The average molecular weight is 570 g/mol. The molecule has 0 spiro atoms. The summed E-state index contributed by atoms with van der Waals surface area (Å²) < 4.78 is 33.2. The first kappa shape index (κ1) is 28.0. The number of hydrogen-bond acceptors (Lipinski definition) is 8. The summed E-state index contributed by atoms with van der Waals surface area (Å²) in [5, 5.41) is 9.57. The number of methoxy groups -OCH3 is 2. The van der Waals surface area contributed by atoms with Gasteiger partial charge in [-0.15, -0.1) is 0 Å². The fraction of sp³-hybridized carbons (Fsp3) is 0.286. The van der Waals surface area contributed by atoms with E-state index in [1.807, 2.05) is 24.3 Å². The van der Waals surface area contributed by atoms with Crippen LogP contribution in [0.3, 0.4) is 0 Å². The molecule has 0 aliphatic heterocycles. The second-order valence-corrected chi connectivity index (χ2v) is 8.28. The zero-order valence-electron chi connectivity index (χ0n) is 20.7. The summed E-state index contributed by atoms with van der Waals surface area (Å²) in [6, 6.07) is 19.5. The first-order chi connectivity index (χ1) is 18.1. The van der Waals surface area contributed by atoms with Crippen LogP contribution in [0.1, 0.15) is 27.0 Å². The molecule has 0 aliphatic rings. The first-order valence-electron chi connectivity index (χ1n) is 11.4. The maximum absolute atomic E-state index is 12.6. The Morgan fingerprint density at radius 1 is 0.892 bits per heavy atom. The summed E-state index contributed by atoms with van der Waals surface area (Å²) >= 11 is 3.49. The molecule has 0 heterocycles. The number of carbonyl (C=O) groups is 1. The van der Waals surface area contributed by atoms with E-state index in [4.69, 9.17) is 33.7 Å². The summed E-state index contributed by atoms with van der Waals surface area (Å²) in [6.45, 7) is 0.829. The van der Waals surface area contributed by atoms with Gasteiger partial charge >= 0.3 is 5.97 Å². The number of nitriles is 1. The van der Waals surface area contributed by atoms with E-state index in [-0.39, 0.29) is 13.4 Å². The van der Waals surface area contributed by atoms with Gasteiger partial charge in [0, 0.05) is 35.6 Å². The van der Waals surface area contributed by atoms with Crippen molar-refractivity contribution in [3.63, 3.8) is 0 Å². The molecule has 0 fully saturated rings. The van der Waals surface area contributed by atoms with Crippen molar-refractivity contribution in [2.45, 2.75) is 11.8 Å². The van der Waals surface area contributed by atoms with Crippen LogP contribution in [0, 0.1) is 11.3 Å². The van der Waals surface area contributed by atoms with E-state index in [9.17, 15) is 4.79 Å². The molecule has 0 bridgehead atoms. The molecule has 0 aromatic heterocycles. The smallest absolute Gasteiger partial charge is 0.343 e. The van der Waals surface area contributed by atoms with Gasteiger partial charge in [0.05, 0.1) is 25.9 Å².